The van der Waals surface area contributed by atoms with Gasteiger partial charge in [0.25, 0.3) is 11.1 Å². The van der Waals surface area contributed by atoms with Gasteiger partial charge in [-0.05, 0) is 74.5 Å². The molecule has 1 aliphatic rings. The maximum atomic E-state index is 12.6. The van der Waals surface area contributed by atoms with Crippen LogP contribution in [0.5, 0.6) is 0 Å². The zero-order chi connectivity index (χ0) is 30.9. The number of hydrogen-bond donors (Lipinski definition) is 1. The minimum atomic E-state index is -0.328. The lowest BCUT2D eigenvalue weighted by Gasteiger charge is -2.19. The van der Waals surface area contributed by atoms with Crippen molar-refractivity contribution in [2.75, 3.05) is 19.6 Å². The molecule has 1 N–H and O–H groups in total. The number of amides is 4. The van der Waals surface area contributed by atoms with Gasteiger partial charge in [-0.15, -0.1) is 0 Å². The molecule has 0 radical (unpaired) electrons. The van der Waals surface area contributed by atoms with Crippen molar-refractivity contribution in [2.24, 2.45) is 0 Å². The summed E-state index contributed by atoms with van der Waals surface area (Å²) in [4.78, 5) is 57.3. The lowest BCUT2D eigenvalue weighted by atomic mass is 10.2. The summed E-state index contributed by atoms with van der Waals surface area (Å²) in [6, 6.07) is 13.0. The number of furan rings is 1. The van der Waals surface area contributed by atoms with E-state index in [0.29, 0.717) is 46.8 Å². The number of imide groups is 1. The van der Waals surface area contributed by atoms with E-state index < -0.39 is 0 Å². The molecule has 0 atom stereocenters. The van der Waals surface area contributed by atoms with Gasteiger partial charge >= 0.3 is 0 Å². The van der Waals surface area contributed by atoms with Crippen LogP contribution in [0.15, 0.2) is 56.0 Å². The Balaban J connectivity index is 1.39. The molecule has 4 rings (SSSR count). The Morgan fingerprint density at radius 1 is 1.21 bits per heavy atom. The molecule has 43 heavy (non-hydrogen) atoms. The van der Waals surface area contributed by atoms with E-state index in [1.807, 2.05) is 37.3 Å². The number of carbonyl (C=O) groups excluding carboxylic acids is 4. The molecule has 1 fully saturated rings. The summed E-state index contributed by atoms with van der Waals surface area (Å²) < 4.78 is 8.02. The quantitative estimate of drug-likeness (QED) is 0.144. The third-order valence-corrected chi connectivity index (χ3v) is 8.40. The van der Waals surface area contributed by atoms with Crippen LogP contribution >= 0.6 is 23.5 Å². The van der Waals surface area contributed by atoms with Crippen LogP contribution in [0, 0.1) is 11.3 Å². The van der Waals surface area contributed by atoms with Crippen molar-refractivity contribution in [2.45, 2.75) is 69.3 Å². The van der Waals surface area contributed by atoms with Gasteiger partial charge in [0.2, 0.25) is 11.8 Å². The number of nitriles is 1. The molecule has 3 aromatic rings. The standard InChI is InChI=1S/C30H34N6O5S2/c1-4-5-11-26(38)34(17-14-31)19-25(37)32-15-8-16-35-23-10-7-6-9-22(23)33-29(35)43-27-13-12-21(41-27)18-24-28(39)36(20(2)3)30(40)42-24/h6-7,9-10,12-13,18,20H,4-5,8,11,15-17,19H2,1-3H3,(H,32,37)/b24-18-. The van der Waals surface area contributed by atoms with Gasteiger partial charge in [0, 0.05) is 31.6 Å². The van der Waals surface area contributed by atoms with Crippen LogP contribution in [-0.2, 0) is 20.9 Å². The smallest absolute Gasteiger partial charge is 0.293 e. The fourth-order valence-corrected chi connectivity index (χ4v) is 6.30. The molecule has 3 heterocycles. The summed E-state index contributed by atoms with van der Waals surface area (Å²) in [6.45, 7) is 6.26. The number of nitrogens with one attached hydrogen (secondary N) is 1. The van der Waals surface area contributed by atoms with Crippen molar-refractivity contribution in [3.8, 4) is 6.07 Å². The fourth-order valence-electron chi connectivity index (χ4n) is 4.46. The summed E-state index contributed by atoms with van der Waals surface area (Å²) >= 11 is 2.24. The van der Waals surface area contributed by atoms with E-state index in [1.54, 1.807) is 32.1 Å². The monoisotopic (exact) mass is 622 g/mol. The van der Waals surface area contributed by atoms with Gasteiger partial charge in [-0.25, -0.2) is 4.98 Å². The summed E-state index contributed by atoms with van der Waals surface area (Å²) in [5, 5.41) is 12.9. The molecule has 1 aliphatic heterocycles. The molecule has 0 saturated carbocycles. The van der Waals surface area contributed by atoms with Gasteiger partial charge in [-0.2, -0.15) is 5.26 Å². The normalized spacial score (nSPS) is 14.2. The molecule has 4 amide bonds. The maximum Gasteiger partial charge on any atom is 0.293 e. The van der Waals surface area contributed by atoms with Gasteiger partial charge < -0.3 is 19.2 Å². The Bertz CT molecular complexity index is 1570. The van der Waals surface area contributed by atoms with Crippen molar-refractivity contribution in [1.29, 1.82) is 5.26 Å². The first-order valence-corrected chi connectivity index (χ1v) is 15.8. The Hall–Kier alpha value is -4.02. The van der Waals surface area contributed by atoms with Gasteiger partial charge in [-0.1, -0.05) is 25.5 Å². The van der Waals surface area contributed by atoms with Crippen molar-refractivity contribution in [1.82, 2.24) is 24.7 Å². The molecule has 226 valence electrons. The van der Waals surface area contributed by atoms with Gasteiger partial charge in [0.1, 0.15) is 18.8 Å². The molecular weight excluding hydrogens is 589 g/mol. The van der Waals surface area contributed by atoms with E-state index >= 15 is 0 Å². The van der Waals surface area contributed by atoms with Crippen molar-refractivity contribution in [3.05, 3.63) is 47.1 Å². The zero-order valence-electron chi connectivity index (χ0n) is 24.4. The number of rotatable bonds is 14. The minimum Gasteiger partial charge on any atom is -0.450 e. The number of para-hydroxylation sites is 2. The highest BCUT2D eigenvalue weighted by molar-refractivity contribution is 8.18. The Labute approximate surface area is 258 Å². The molecule has 2 aromatic heterocycles. The van der Waals surface area contributed by atoms with Crippen LogP contribution in [0.2, 0.25) is 0 Å². The summed E-state index contributed by atoms with van der Waals surface area (Å²) in [6.07, 6.45) is 4.09. The third-order valence-electron chi connectivity index (χ3n) is 6.60. The van der Waals surface area contributed by atoms with Crippen LogP contribution < -0.4 is 5.32 Å². The first kappa shape index (κ1) is 31.9. The molecule has 11 nitrogen and oxygen atoms in total. The minimum absolute atomic E-state index is 0.118. The predicted octanol–water partition coefficient (Wildman–Crippen LogP) is 5.27. The topological polar surface area (TPSA) is 142 Å². The summed E-state index contributed by atoms with van der Waals surface area (Å²) in [7, 11) is 0. The molecule has 13 heteroatoms. The Kier molecular flexibility index (Phi) is 11.1. The number of fused-ring (bicyclic) bond motifs is 1. The van der Waals surface area contributed by atoms with Crippen LogP contribution in [0.1, 0.15) is 52.2 Å². The Morgan fingerprint density at radius 2 is 2.00 bits per heavy atom. The number of unbranched alkanes of at least 4 members (excludes halogenated alkanes) is 1. The van der Waals surface area contributed by atoms with E-state index in [1.165, 1.54) is 21.6 Å². The number of imidazole rings is 1. The van der Waals surface area contributed by atoms with Crippen molar-refractivity contribution < 1.29 is 23.6 Å². The number of hydrogen-bond acceptors (Lipinski definition) is 9. The first-order chi connectivity index (χ1) is 20.7. The molecule has 0 spiro atoms. The molecule has 0 aliphatic carbocycles. The predicted molar refractivity (Wildman–Crippen MR) is 165 cm³/mol. The van der Waals surface area contributed by atoms with E-state index in [-0.39, 0.29) is 42.1 Å². The fraction of sp³-hybridized carbons (Fsp3) is 0.400. The lowest BCUT2D eigenvalue weighted by molar-refractivity contribution is -0.135. The second-order valence-corrected chi connectivity index (χ2v) is 12.1. The van der Waals surface area contributed by atoms with Crippen LogP contribution in [0.3, 0.4) is 0 Å². The number of nitrogens with zero attached hydrogens (tertiary/aromatic N) is 5. The molecule has 1 aromatic carbocycles. The highest BCUT2D eigenvalue weighted by atomic mass is 32.2. The van der Waals surface area contributed by atoms with Gasteiger partial charge in [0.15, 0.2) is 10.2 Å². The van der Waals surface area contributed by atoms with Crippen LogP contribution in [-0.4, -0.2) is 68.0 Å². The van der Waals surface area contributed by atoms with E-state index in [2.05, 4.69) is 9.88 Å². The second-order valence-electron chi connectivity index (χ2n) is 10.2. The average Bonchev–Trinajstić information content (AvgIpc) is 3.64. The Morgan fingerprint density at radius 3 is 2.72 bits per heavy atom. The molecule has 0 bridgehead atoms. The largest absolute Gasteiger partial charge is 0.450 e. The zero-order valence-corrected chi connectivity index (χ0v) is 26.0. The SMILES string of the molecule is CCCCC(=O)N(CC#N)CC(=O)NCCCn1c(Sc2ccc(/C=C3\SC(=O)N(C(C)C)C3=O)o2)nc2ccccc21. The number of benzene rings is 1. The van der Waals surface area contributed by atoms with Gasteiger partial charge in [-0.3, -0.25) is 24.1 Å². The van der Waals surface area contributed by atoms with Gasteiger partial charge in [0.05, 0.1) is 22.0 Å². The summed E-state index contributed by atoms with van der Waals surface area (Å²) in [5.41, 5.74) is 1.76. The number of thioether (sulfide) groups is 1. The first-order valence-electron chi connectivity index (χ1n) is 14.1. The molecule has 0 unspecified atom stereocenters. The van der Waals surface area contributed by atoms with E-state index in [0.717, 1.165) is 35.6 Å². The van der Waals surface area contributed by atoms with Crippen LogP contribution in [0.4, 0.5) is 4.79 Å². The van der Waals surface area contributed by atoms with Crippen molar-refractivity contribution >= 4 is 63.6 Å². The van der Waals surface area contributed by atoms with E-state index in [9.17, 15) is 19.2 Å². The van der Waals surface area contributed by atoms with Crippen LogP contribution in [0.25, 0.3) is 17.1 Å². The molecular formula is C30H34N6O5S2. The number of aromatic nitrogens is 2. The maximum absolute atomic E-state index is 12.6. The lowest BCUT2D eigenvalue weighted by Crippen LogP contribution is -2.41. The average molecular weight is 623 g/mol. The molecule has 1 saturated heterocycles. The number of carbonyl (C=O) groups is 4. The third kappa shape index (κ3) is 8.09. The highest BCUT2D eigenvalue weighted by Gasteiger charge is 2.36. The highest BCUT2D eigenvalue weighted by Crippen LogP contribution is 2.36. The number of aryl methyl sites for hydroxylation is 1. The second kappa shape index (κ2) is 14.9. The van der Waals surface area contributed by atoms with E-state index in [4.69, 9.17) is 14.7 Å². The van der Waals surface area contributed by atoms with Crippen molar-refractivity contribution in [3.63, 3.8) is 0 Å². The summed E-state index contributed by atoms with van der Waals surface area (Å²) in [5.74, 6) is -0.368.